The van der Waals surface area contributed by atoms with Crippen molar-refractivity contribution in [3.63, 3.8) is 0 Å². The molecule has 0 bridgehead atoms. The molecule has 1 amide bonds. The molecule has 0 heterocycles. The first kappa shape index (κ1) is 18.8. The second kappa shape index (κ2) is 8.43. The maximum Gasteiger partial charge on any atom is 0.221 e. The second-order valence-electron chi connectivity index (χ2n) is 4.96. The summed E-state index contributed by atoms with van der Waals surface area (Å²) in [5, 5.41) is 13.5. The first-order chi connectivity index (χ1) is 10.7. The number of carboxylic acid groups (broad SMARTS) is 1. The van der Waals surface area contributed by atoms with E-state index in [2.05, 4.69) is 5.32 Å². The van der Waals surface area contributed by atoms with Crippen LogP contribution in [0.1, 0.15) is 33.3 Å². The van der Waals surface area contributed by atoms with Gasteiger partial charge in [0.25, 0.3) is 0 Å². The molecular formula is C16H19ClNO5-. The molecule has 0 saturated carbocycles. The van der Waals surface area contributed by atoms with Gasteiger partial charge < -0.3 is 24.7 Å². The van der Waals surface area contributed by atoms with Crippen molar-refractivity contribution in [2.75, 3.05) is 6.61 Å². The number of ether oxygens (including phenoxy) is 2. The van der Waals surface area contributed by atoms with Gasteiger partial charge in [-0.3, -0.25) is 4.79 Å². The minimum absolute atomic E-state index is 0.105. The van der Waals surface area contributed by atoms with E-state index in [9.17, 15) is 14.7 Å². The highest BCUT2D eigenvalue weighted by Crippen LogP contribution is 2.37. The summed E-state index contributed by atoms with van der Waals surface area (Å²) in [4.78, 5) is 22.1. The van der Waals surface area contributed by atoms with Crippen LogP contribution in [-0.2, 0) is 9.59 Å². The average molecular weight is 341 g/mol. The summed E-state index contributed by atoms with van der Waals surface area (Å²) in [6.45, 7) is 7.10. The molecule has 1 aromatic rings. The van der Waals surface area contributed by atoms with Crippen molar-refractivity contribution in [1.82, 2.24) is 5.32 Å². The van der Waals surface area contributed by atoms with Gasteiger partial charge in [0.05, 0.1) is 29.4 Å². The molecule has 1 N–H and O–H groups in total. The van der Waals surface area contributed by atoms with Crippen LogP contribution in [0, 0.1) is 0 Å². The normalized spacial score (nSPS) is 11.3. The molecule has 23 heavy (non-hydrogen) atoms. The summed E-state index contributed by atoms with van der Waals surface area (Å²) >= 11 is 6.20. The molecule has 0 aliphatic rings. The van der Waals surface area contributed by atoms with Crippen LogP contribution in [0.3, 0.4) is 0 Å². The van der Waals surface area contributed by atoms with Gasteiger partial charge >= 0.3 is 0 Å². The predicted molar refractivity (Wildman–Crippen MR) is 85.2 cm³/mol. The van der Waals surface area contributed by atoms with Gasteiger partial charge in [0, 0.05) is 6.92 Å². The lowest BCUT2D eigenvalue weighted by molar-refractivity contribution is -0.299. The molecule has 0 atom stereocenters. The molecular weight excluding hydrogens is 322 g/mol. The number of halogens is 1. The number of rotatable bonds is 7. The van der Waals surface area contributed by atoms with Crippen LogP contribution in [-0.4, -0.2) is 24.6 Å². The minimum atomic E-state index is -1.50. The maximum atomic E-state index is 11.1. The van der Waals surface area contributed by atoms with E-state index in [0.717, 1.165) is 0 Å². The Labute approximate surface area is 140 Å². The van der Waals surface area contributed by atoms with Crippen molar-refractivity contribution < 1.29 is 24.2 Å². The third-order valence-corrected chi connectivity index (χ3v) is 2.81. The Kier molecular flexibility index (Phi) is 6.90. The molecule has 0 radical (unpaired) electrons. The molecule has 0 aromatic heterocycles. The van der Waals surface area contributed by atoms with Gasteiger partial charge in [-0.1, -0.05) is 11.6 Å². The number of hydrogen-bond donors (Lipinski definition) is 1. The maximum absolute atomic E-state index is 11.1. The van der Waals surface area contributed by atoms with Gasteiger partial charge in [-0.15, -0.1) is 0 Å². The topological polar surface area (TPSA) is 87.7 Å². The molecule has 6 nitrogen and oxygen atoms in total. The van der Waals surface area contributed by atoms with Crippen LogP contribution in [0.4, 0.5) is 0 Å². The SMILES string of the molecule is CCOc1cc(/C=C(/NC(C)=O)C(=O)[O-])cc(Cl)c1OC(C)C. The van der Waals surface area contributed by atoms with Gasteiger partial charge in [-0.2, -0.15) is 0 Å². The van der Waals surface area contributed by atoms with Crippen molar-refractivity contribution in [2.24, 2.45) is 0 Å². The lowest BCUT2D eigenvalue weighted by atomic mass is 10.1. The molecule has 126 valence electrons. The molecule has 0 unspecified atom stereocenters. The van der Waals surface area contributed by atoms with E-state index in [-0.39, 0.29) is 16.8 Å². The summed E-state index contributed by atoms with van der Waals surface area (Å²) in [6, 6.07) is 3.10. The van der Waals surface area contributed by atoms with Crippen LogP contribution in [0.5, 0.6) is 11.5 Å². The molecule has 0 saturated heterocycles. The van der Waals surface area contributed by atoms with E-state index in [1.54, 1.807) is 13.0 Å². The summed E-state index contributed by atoms with van der Waals surface area (Å²) in [5.74, 6) is -1.25. The van der Waals surface area contributed by atoms with E-state index < -0.39 is 11.9 Å². The smallest absolute Gasteiger partial charge is 0.221 e. The number of benzene rings is 1. The Morgan fingerprint density at radius 2 is 2.04 bits per heavy atom. The third-order valence-electron chi connectivity index (χ3n) is 2.53. The number of carbonyl (C=O) groups excluding carboxylic acids is 2. The van der Waals surface area contributed by atoms with E-state index >= 15 is 0 Å². The third kappa shape index (κ3) is 5.83. The Hall–Kier alpha value is -2.21. The monoisotopic (exact) mass is 340 g/mol. The lowest BCUT2D eigenvalue weighted by Gasteiger charge is -2.17. The number of hydrogen-bond acceptors (Lipinski definition) is 5. The highest BCUT2D eigenvalue weighted by Gasteiger charge is 2.14. The summed E-state index contributed by atoms with van der Waals surface area (Å²) < 4.78 is 11.1. The van der Waals surface area contributed by atoms with E-state index in [1.165, 1.54) is 19.1 Å². The van der Waals surface area contributed by atoms with E-state index in [0.29, 0.717) is 23.7 Å². The first-order valence-electron chi connectivity index (χ1n) is 7.08. The molecule has 0 fully saturated rings. The van der Waals surface area contributed by atoms with Crippen molar-refractivity contribution in [3.8, 4) is 11.5 Å². The van der Waals surface area contributed by atoms with Crippen molar-refractivity contribution in [3.05, 3.63) is 28.4 Å². The molecule has 0 aliphatic heterocycles. The van der Waals surface area contributed by atoms with E-state index in [4.69, 9.17) is 21.1 Å². The Bertz CT molecular complexity index is 625. The van der Waals surface area contributed by atoms with Crippen LogP contribution >= 0.6 is 11.6 Å². The highest BCUT2D eigenvalue weighted by atomic mass is 35.5. The highest BCUT2D eigenvalue weighted by molar-refractivity contribution is 6.32. The fourth-order valence-electron chi connectivity index (χ4n) is 1.79. The molecule has 0 spiro atoms. The van der Waals surface area contributed by atoms with Crippen molar-refractivity contribution in [2.45, 2.75) is 33.8 Å². The van der Waals surface area contributed by atoms with Gasteiger partial charge in [0.15, 0.2) is 11.5 Å². The zero-order valence-electron chi connectivity index (χ0n) is 13.4. The molecule has 1 aromatic carbocycles. The van der Waals surface area contributed by atoms with Gasteiger partial charge in [-0.25, -0.2) is 0 Å². The largest absolute Gasteiger partial charge is 0.543 e. The molecule has 0 aliphatic carbocycles. The van der Waals surface area contributed by atoms with E-state index in [1.807, 2.05) is 13.8 Å². The zero-order valence-corrected chi connectivity index (χ0v) is 14.2. The van der Waals surface area contributed by atoms with Crippen LogP contribution in [0.2, 0.25) is 5.02 Å². The van der Waals surface area contributed by atoms with Crippen LogP contribution in [0.25, 0.3) is 6.08 Å². The number of amides is 1. The number of carbonyl (C=O) groups is 2. The number of carboxylic acids is 1. The lowest BCUT2D eigenvalue weighted by Crippen LogP contribution is -2.34. The fraction of sp³-hybridized carbons (Fsp3) is 0.375. The second-order valence-corrected chi connectivity index (χ2v) is 5.36. The fourth-order valence-corrected chi connectivity index (χ4v) is 2.05. The summed E-state index contributed by atoms with van der Waals surface area (Å²) in [6.07, 6.45) is 1.14. The van der Waals surface area contributed by atoms with Gasteiger partial charge in [0.2, 0.25) is 5.91 Å². The Balaban J connectivity index is 3.31. The van der Waals surface area contributed by atoms with Crippen molar-refractivity contribution >= 4 is 29.6 Å². The average Bonchev–Trinajstić information content (AvgIpc) is 2.41. The summed E-state index contributed by atoms with van der Waals surface area (Å²) in [5.41, 5.74) is 0.0658. The van der Waals surface area contributed by atoms with Gasteiger partial charge in [-0.05, 0) is 44.5 Å². The Morgan fingerprint density at radius 1 is 1.39 bits per heavy atom. The first-order valence-corrected chi connectivity index (χ1v) is 7.46. The number of aliphatic carboxylic acids is 1. The quantitative estimate of drug-likeness (QED) is 0.764. The number of nitrogens with one attached hydrogen (secondary N) is 1. The standard InChI is InChI=1S/C16H20ClNO5/c1-5-22-14-8-11(6-12(17)15(14)23-9(2)3)7-13(16(20)21)18-10(4)19/h6-9H,5H2,1-4H3,(H,18,19)(H,20,21)/p-1/b13-7+. The molecule has 1 rings (SSSR count). The van der Waals surface area contributed by atoms with Crippen molar-refractivity contribution in [1.29, 1.82) is 0 Å². The predicted octanol–water partition coefficient (Wildman–Crippen LogP) is 1.75. The van der Waals surface area contributed by atoms with Crippen LogP contribution in [0.15, 0.2) is 17.8 Å². The Morgan fingerprint density at radius 3 is 2.52 bits per heavy atom. The zero-order chi connectivity index (χ0) is 17.6. The summed E-state index contributed by atoms with van der Waals surface area (Å²) in [7, 11) is 0. The minimum Gasteiger partial charge on any atom is -0.543 e. The van der Waals surface area contributed by atoms with Gasteiger partial charge in [0.1, 0.15) is 0 Å². The van der Waals surface area contributed by atoms with Crippen LogP contribution < -0.4 is 19.9 Å². The molecule has 7 heteroatoms.